The van der Waals surface area contributed by atoms with E-state index in [4.69, 9.17) is 4.74 Å². The number of aromatic nitrogens is 1. The quantitative estimate of drug-likeness (QED) is 0.885. The van der Waals surface area contributed by atoms with E-state index >= 15 is 0 Å². The molecule has 2 heterocycles. The molecule has 0 fully saturated rings. The average Bonchev–Trinajstić information content (AvgIpc) is 2.62. The summed E-state index contributed by atoms with van der Waals surface area (Å²) in [6.45, 7) is 5.95. The average molecular weight is 325 g/mol. The van der Waals surface area contributed by atoms with Gasteiger partial charge >= 0.3 is 0 Å². The molecule has 0 bridgehead atoms. The molecule has 0 radical (unpaired) electrons. The van der Waals surface area contributed by atoms with Gasteiger partial charge in [0, 0.05) is 38.4 Å². The molecule has 2 aromatic rings. The molecule has 1 aliphatic rings. The van der Waals surface area contributed by atoms with Crippen LogP contribution in [0.4, 0.5) is 0 Å². The van der Waals surface area contributed by atoms with E-state index in [1.807, 2.05) is 6.92 Å². The highest BCUT2D eigenvalue weighted by atomic mass is 16.5. The van der Waals surface area contributed by atoms with E-state index in [1.165, 1.54) is 11.1 Å². The summed E-state index contributed by atoms with van der Waals surface area (Å²) in [4.78, 5) is 18.6. The van der Waals surface area contributed by atoms with Crippen LogP contribution in [0.25, 0.3) is 0 Å². The van der Waals surface area contributed by atoms with Gasteiger partial charge in [0.25, 0.3) is 5.91 Å². The molecule has 0 saturated heterocycles. The molecule has 5 heteroatoms. The van der Waals surface area contributed by atoms with Gasteiger partial charge in [-0.25, -0.2) is 4.98 Å². The van der Waals surface area contributed by atoms with Gasteiger partial charge in [0.1, 0.15) is 0 Å². The topological polar surface area (TPSA) is 54.5 Å². The van der Waals surface area contributed by atoms with E-state index in [9.17, 15) is 4.79 Å². The molecule has 1 N–H and O–H groups in total. The minimum absolute atomic E-state index is 0.0945. The van der Waals surface area contributed by atoms with Crippen molar-refractivity contribution in [2.24, 2.45) is 0 Å². The molecule has 5 nitrogen and oxygen atoms in total. The van der Waals surface area contributed by atoms with Crippen molar-refractivity contribution in [3.05, 3.63) is 59.3 Å². The largest absolute Gasteiger partial charge is 0.478 e. The van der Waals surface area contributed by atoms with Gasteiger partial charge in [-0.15, -0.1) is 0 Å². The molecule has 0 atom stereocenters. The second-order valence-corrected chi connectivity index (χ2v) is 5.87. The molecule has 0 aliphatic carbocycles. The summed E-state index contributed by atoms with van der Waals surface area (Å²) >= 11 is 0. The lowest BCUT2D eigenvalue weighted by Gasteiger charge is -2.28. The van der Waals surface area contributed by atoms with Crippen LogP contribution in [0.5, 0.6) is 5.88 Å². The zero-order valence-electron chi connectivity index (χ0n) is 14.0. The van der Waals surface area contributed by atoms with E-state index in [0.717, 1.165) is 26.1 Å². The number of fused-ring (bicyclic) bond motifs is 1. The number of hydrogen-bond donors (Lipinski definition) is 1. The molecule has 0 spiro atoms. The molecular weight excluding hydrogens is 302 g/mol. The first-order valence-corrected chi connectivity index (χ1v) is 8.42. The minimum Gasteiger partial charge on any atom is -0.478 e. The van der Waals surface area contributed by atoms with Crippen LogP contribution in [0, 0.1) is 0 Å². The molecule has 1 aromatic carbocycles. The molecule has 0 unspecified atom stereocenters. The van der Waals surface area contributed by atoms with E-state index in [1.54, 1.807) is 18.3 Å². The Morgan fingerprint density at radius 1 is 1.25 bits per heavy atom. The number of rotatable bonds is 6. The molecule has 1 aliphatic heterocycles. The summed E-state index contributed by atoms with van der Waals surface area (Å²) in [5.41, 5.74) is 3.39. The maximum Gasteiger partial charge on any atom is 0.252 e. The second kappa shape index (κ2) is 7.93. The Morgan fingerprint density at radius 2 is 2.08 bits per heavy atom. The van der Waals surface area contributed by atoms with Crippen molar-refractivity contribution in [3.63, 3.8) is 0 Å². The Morgan fingerprint density at radius 3 is 2.83 bits per heavy atom. The van der Waals surface area contributed by atoms with Crippen molar-refractivity contribution in [1.82, 2.24) is 15.2 Å². The number of ether oxygens (including phenoxy) is 1. The highest BCUT2D eigenvalue weighted by Gasteiger charge is 2.15. The maximum absolute atomic E-state index is 12.1. The van der Waals surface area contributed by atoms with Crippen molar-refractivity contribution in [2.75, 3.05) is 26.2 Å². The number of carbonyl (C=O) groups is 1. The van der Waals surface area contributed by atoms with Crippen LogP contribution >= 0.6 is 0 Å². The Bertz CT molecular complexity index is 685. The van der Waals surface area contributed by atoms with Crippen LogP contribution in [-0.2, 0) is 13.0 Å². The van der Waals surface area contributed by atoms with Crippen LogP contribution < -0.4 is 10.1 Å². The highest BCUT2D eigenvalue weighted by Crippen LogP contribution is 2.17. The van der Waals surface area contributed by atoms with Gasteiger partial charge in [-0.05, 0) is 30.5 Å². The van der Waals surface area contributed by atoms with Gasteiger partial charge in [-0.3, -0.25) is 9.69 Å². The molecule has 24 heavy (non-hydrogen) atoms. The van der Waals surface area contributed by atoms with Gasteiger partial charge in [0.15, 0.2) is 0 Å². The SMILES string of the molecule is CCOc1ccc(C(=O)NCCN2CCc3ccccc3C2)cn1. The minimum atomic E-state index is -0.0945. The Balaban J connectivity index is 1.45. The lowest BCUT2D eigenvalue weighted by Crippen LogP contribution is -2.37. The fourth-order valence-electron chi connectivity index (χ4n) is 2.92. The molecule has 1 aromatic heterocycles. The fraction of sp³-hybridized carbons (Fsp3) is 0.368. The number of pyridine rings is 1. The molecule has 1 amide bonds. The van der Waals surface area contributed by atoms with Gasteiger partial charge in [0.05, 0.1) is 12.2 Å². The normalized spacial score (nSPS) is 14.0. The highest BCUT2D eigenvalue weighted by molar-refractivity contribution is 5.93. The third kappa shape index (κ3) is 4.11. The molecule has 3 rings (SSSR count). The first kappa shape index (κ1) is 16.5. The summed E-state index contributed by atoms with van der Waals surface area (Å²) in [6, 6.07) is 12.0. The fourth-order valence-corrected chi connectivity index (χ4v) is 2.92. The lowest BCUT2D eigenvalue weighted by atomic mass is 10.00. The van der Waals surface area contributed by atoms with Crippen molar-refractivity contribution in [2.45, 2.75) is 19.9 Å². The van der Waals surface area contributed by atoms with Gasteiger partial charge < -0.3 is 10.1 Å². The van der Waals surface area contributed by atoms with E-state index in [0.29, 0.717) is 24.6 Å². The predicted octanol–water partition coefficient (Wildman–Crippen LogP) is 2.27. The first-order valence-electron chi connectivity index (χ1n) is 8.42. The molecule has 0 saturated carbocycles. The number of carbonyl (C=O) groups excluding carboxylic acids is 1. The van der Waals surface area contributed by atoms with Crippen LogP contribution in [0.2, 0.25) is 0 Å². The van der Waals surface area contributed by atoms with E-state index in [-0.39, 0.29) is 5.91 Å². The third-order valence-electron chi connectivity index (χ3n) is 4.21. The standard InChI is InChI=1S/C19H23N3O2/c1-2-24-18-8-7-16(13-21-18)19(23)20-10-12-22-11-9-15-5-3-4-6-17(15)14-22/h3-8,13H,2,9-12,14H2,1H3,(H,20,23). The first-order chi connectivity index (χ1) is 11.8. The maximum atomic E-state index is 12.1. The van der Waals surface area contributed by atoms with Crippen LogP contribution in [-0.4, -0.2) is 42.0 Å². The summed E-state index contributed by atoms with van der Waals surface area (Å²) in [6.07, 6.45) is 2.63. The van der Waals surface area contributed by atoms with Gasteiger partial charge in [-0.2, -0.15) is 0 Å². The van der Waals surface area contributed by atoms with Crippen LogP contribution in [0.1, 0.15) is 28.4 Å². The van der Waals surface area contributed by atoms with E-state index < -0.39 is 0 Å². The van der Waals surface area contributed by atoms with E-state index in [2.05, 4.69) is 39.5 Å². The summed E-state index contributed by atoms with van der Waals surface area (Å²) in [5.74, 6) is 0.448. The zero-order valence-corrected chi connectivity index (χ0v) is 14.0. The monoisotopic (exact) mass is 325 g/mol. The number of benzene rings is 1. The molecular formula is C19H23N3O2. The van der Waals surface area contributed by atoms with Crippen molar-refractivity contribution in [1.29, 1.82) is 0 Å². The lowest BCUT2D eigenvalue weighted by molar-refractivity contribution is 0.0947. The predicted molar refractivity (Wildman–Crippen MR) is 93.2 cm³/mol. The van der Waals surface area contributed by atoms with Crippen molar-refractivity contribution < 1.29 is 9.53 Å². The summed E-state index contributed by atoms with van der Waals surface area (Å²) in [5, 5.41) is 2.96. The number of nitrogens with zero attached hydrogens (tertiary/aromatic N) is 2. The van der Waals surface area contributed by atoms with Gasteiger partial charge in [-0.1, -0.05) is 24.3 Å². The number of amides is 1. The Kier molecular flexibility index (Phi) is 5.43. The van der Waals surface area contributed by atoms with Crippen molar-refractivity contribution in [3.8, 4) is 5.88 Å². The van der Waals surface area contributed by atoms with Crippen LogP contribution in [0.15, 0.2) is 42.6 Å². The zero-order chi connectivity index (χ0) is 16.8. The third-order valence-corrected chi connectivity index (χ3v) is 4.21. The number of nitrogens with one attached hydrogen (secondary N) is 1. The Hall–Kier alpha value is -2.40. The smallest absolute Gasteiger partial charge is 0.252 e. The summed E-state index contributed by atoms with van der Waals surface area (Å²) in [7, 11) is 0. The molecule has 126 valence electrons. The second-order valence-electron chi connectivity index (χ2n) is 5.87. The Labute approximate surface area is 142 Å². The van der Waals surface area contributed by atoms with Crippen molar-refractivity contribution >= 4 is 5.91 Å². The van der Waals surface area contributed by atoms with Crippen LogP contribution in [0.3, 0.4) is 0 Å². The summed E-state index contributed by atoms with van der Waals surface area (Å²) < 4.78 is 5.28. The van der Waals surface area contributed by atoms with Gasteiger partial charge in [0.2, 0.25) is 5.88 Å². The number of hydrogen-bond acceptors (Lipinski definition) is 4.